The zero-order valence-corrected chi connectivity index (χ0v) is 17.0. The lowest BCUT2D eigenvalue weighted by Crippen LogP contribution is -2.44. The molecule has 2 atom stereocenters. The zero-order chi connectivity index (χ0) is 20.8. The van der Waals surface area contributed by atoms with Crippen LogP contribution in [0.25, 0.3) is 0 Å². The van der Waals surface area contributed by atoms with Gasteiger partial charge in [-0.3, -0.25) is 9.69 Å². The molecule has 1 heterocycles. The van der Waals surface area contributed by atoms with E-state index in [0.29, 0.717) is 19.1 Å². The number of benzene rings is 3. The summed E-state index contributed by atoms with van der Waals surface area (Å²) in [7, 11) is 0. The first-order valence-electron chi connectivity index (χ1n) is 10.5. The van der Waals surface area contributed by atoms with E-state index < -0.39 is 0 Å². The van der Waals surface area contributed by atoms with Crippen LogP contribution in [0.5, 0.6) is 0 Å². The molecule has 4 rings (SSSR count). The second kappa shape index (κ2) is 9.68. The Morgan fingerprint density at radius 3 is 2.33 bits per heavy atom. The van der Waals surface area contributed by atoms with Crippen LogP contribution in [-0.4, -0.2) is 17.4 Å². The second-order valence-corrected chi connectivity index (χ2v) is 7.96. The molecule has 0 aromatic heterocycles. The summed E-state index contributed by atoms with van der Waals surface area (Å²) in [5.41, 5.74) is 3.33. The Morgan fingerprint density at radius 1 is 0.900 bits per heavy atom. The van der Waals surface area contributed by atoms with Gasteiger partial charge in [0.05, 0.1) is 5.92 Å². The van der Waals surface area contributed by atoms with E-state index in [9.17, 15) is 9.18 Å². The summed E-state index contributed by atoms with van der Waals surface area (Å²) in [5, 5.41) is 3.00. The molecule has 1 saturated heterocycles. The van der Waals surface area contributed by atoms with E-state index in [2.05, 4.69) is 58.7 Å². The maximum absolute atomic E-state index is 13.4. The third-order valence-electron chi connectivity index (χ3n) is 5.82. The average molecular weight is 403 g/mol. The molecule has 3 nitrogen and oxygen atoms in total. The van der Waals surface area contributed by atoms with Gasteiger partial charge in [0, 0.05) is 25.7 Å². The maximum Gasteiger partial charge on any atom is 0.224 e. The van der Waals surface area contributed by atoms with Crippen molar-refractivity contribution in [1.82, 2.24) is 10.2 Å². The van der Waals surface area contributed by atoms with Crippen molar-refractivity contribution in [2.45, 2.75) is 32.0 Å². The summed E-state index contributed by atoms with van der Waals surface area (Å²) < 4.78 is 13.4. The van der Waals surface area contributed by atoms with Gasteiger partial charge in [-0.1, -0.05) is 72.8 Å². The quantitative estimate of drug-likeness (QED) is 0.622. The highest BCUT2D eigenvalue weighted by Gasteiger charge is 2.32. The Morgan fingerprint density at radius 2 is 1.60 bits per heavy atom. The van der Waals surface area contributed by atoms with Gasteiger partial charge < -0.3 is 5.32 Å². The summed E-state index contributed by atoms with van der Waals surface area (Å²) in [6, 6.07) is 27.6. The molecule has 0 spiro atoms. The minimum atomic E-state index is -0.279. The van der Waals surface area contributed by atoms with Crippen molar-refractivity contribution in [3.8, 4) is 0 Å². The summed E-state index contributed by atoms with van der Waals surface area (Å²) in [5.74, 6) is -0.301. The number of carbonyl (C=O) groups excluding carboxylic acids is 1. The minimum Gasteiger partial charge on any atom is -0.352 e. The molecule has 1 aliphatic rings. The van der Waals surface area contributed by atoms with Crippen LogP contribution in [0.2, 0.25) is 0 Å². The highest BCUT2D eigenvalue weighted by Crippen LogP contribution is 2.34. The molecule has 0 aliphatic carbocycles. The van der Waals surface area contributed by atoms with Crippen LogP contribution in [0.3, 0.4) is 0 Å². The normalized spacial score (nSPS) is 19.4. The van der Waals surface area contributed by atoms with E-state index >= 15 is 0 Å². The van der Waals surface area contributed by atoms with Gasteiger partial charge in [-0.05, 0) is 41.7 Å². The first kappa shape index (κ1) is 20.3. The molecule has 1 amide bonds. The number of nitrogens with zero attached hydrogens (tertiary/aromatic N) is 1. The number of amides is 1. The van der Waals surface area contributed by atoms with E-state index in [0.717, 1.165) is 24.9 Å². The average Bonchev–Trinajstić information content (AvgIpc) is 2.79. The summed E-state index contributed by atoms with van der Waals surface area (Å²) >= 11 is 0. The number of hydrogen-bond acceptors (Lipinski definition) is 2. The van der Waals surface area contributed by atoms with E-state index in [1.165, 1.54) is 23.3 Å². The van der Waals surface area contributed by atoms with Crippen LogP contribution < -0.4 is 5.32 Å². The van der Waals surface area contributed by atoms with Gasteiger partial charge in [0.25, 0.3) is 0 Å². The third kappa shape index (κ3) is 5.14. The SMILES string of the molecule is O=C(NCc1cccc(F)c1)C1CCC(c2ccccc2)N(Cc2ccccc2)C1. The Labute approximate surface area is 177 Å². The largest absolute Gasteiger partial charge is 0.352 e. The van der Waals surface area contributed by atoms with Crippen molar-refractivity contribution < 1.29 is 9.18 Å². The van der Waals surface area contributed by atoms with Gasteiger partial charge in [-0.15, -0.1) is 0 Å². The molecule has 0 radical (unpaired) electrons. The lowest BCUT2D eigenvalue weighted by molar-refractivity contribution is -0.127. The summed E-state index contributed by atoms with van der Waals surface area (Å²) in [6.07, 6.45) is 1.79. The van der Waals surface area contributed by atoms with Crippen LogP contribution in [0.15, 0.2) is 84.9 Å². The minimum absolute atomic E-state index is 0.0452. The predicted molar refractivity (Wildman–Crippen MR) is 117 cm³/mol. The standard InChI is InChI=1S/C26H27FN2O/c27-24-13-7-10-21(16-24)17-28-26(30)23-14-15-25(22-11-5-2-6-12-22)29(19-23)18-20-8-3-1-4-9-20/h1-13,16,23,25H,14-15,17-19H2,(H,28,30). The lowest BCUT2D eigenvalue weighted by Gasteiger charge is -2.39. The second-order valence-electron chi connectivity index (χ2n) is 7.96. The van der Waals surface area contributed by atoms with Crippen LogP contribution in [0, 0.1) is 11.7 Å². The summed E-state index contributed by atoms with van der Waals surface area (Å²) in [6.45, 7) is 1.88. The first-order valence-corrected chi connectivity index (χ1v) is 10.5. The van der Waals surface area contributed by atoms with E-state index in [4.69, 9.17) is 0 Å². The molecule has 3 aromatic carbocycles. The van der Waals surface area contributed by atoms with Gasteiger partial charge in [-0.25, -0.2) is 4.39 Å². The number of nitrogens with one attached hydrogen (secondary N) is 1. The van der Waals surface area contributed by atoms with E-state index in [-0.39, 0.29) is 17.6 Å². The number of piperidine rings is 1. The molecule has 0 saturated carbocycles. The number of carbonyl (C=O) groups is 1. The highest BCUT2D eigenvalue weighted by molar-refractivity contribution is 5.79. The fraction of sp³-hybridized carbons (Fsp3) is 0.269. The monoisotopic (exact) mass is 402 g/mol. The molecule has 0 bridgehead atoms. The Kier molecular flexibility index (Phi) is 6.55. The Bertz CT molecular complexity index is 961. The van der Waals surface area contributed by atoms with Gasteiger partial charge in [-0.2, -0.15) is 0 Å². The Hall–Kier alpha value is -2.98. The fourth-order valence-corrected chi connectivity index (χ4v) is 4.28. The number of likely N-dealkylation sites (tertiary alicyclic amines) is 1. The molecule has 1 fully saturated rings. The molecule has 3 aromatic rings. The van der Waals surface area contributed by atoms with E-state index in [1.54, 1.807) is 6.07 Å². The molecule has 1 N–H and O–H groups in total. The van der Waals surface area contributed by atoms with Crippen molar-refractivity contribution in [3.05, 3.63) is 107 Å². The van der Waals surface area contributed by atoms with Crippen LogP contribution in [0.1, 0.15) is 35.6 Å². The molecule has 4 heteroatoms. The van der Waals surface area contributed by atoms with Crippen molar-refractivity contribution in [2.24, 2.45) is 5.92 Å². The topological polar surface area (TPSA) is 32.3 Å². The molecule has 154 valence electrons. The maximum atomic E-state index is 13.4. The van der Waals surface area contributed by atoms with E-state index in [1.807, 2.05) is 18.2 Å². The van der Waals surface area contributed by atoms with Crippen molar-refractivity contribution in [3.63, 3.8) is 0 Å². The van der Waals surface area contributed by atoms with Crippen molar-refractivity contribution in [2.75, 3.05) is 6.54 Å². The molecular formula is C26H27FN2O. The van der Waals surface area contributed by atoms with Crippen molar-refractivity contribution >= 4 is 5.91 Å². The highest BCUT2D eigenvalue weighted by atomic mass is 19.1. The fourth-order valence-electron chi connectivity index (χ4n) is 4.28. The number of halogens is 1. The molecule has 30 heavy (non-hydrogen) atoms. The Balaban J connectivity index is 1.45. The molecule has 2 unspecified atom stereocenters. The van der Waals surface area contributed by atoms with Crippen molar-refractivity contribution in [1.29, 1.82) is 0 Å². The summed E-state index contributed by atoms with van der Waals surface area (Å²) in [4.78, 5) is 15.3. The molecular weight excluding hydrogens is 375 g/mol. The zero-order valence-electron chi connectivity index (χ0n) is 17.0. The first-order chi connectivity index (χ1) is 14.7. The van der Waals surface area contributed by atoms with Gasteiger partial charge in [0.2, 0.25) is 5.91 Å². The predicted octanol–water partition coefficient (Wildman–Crippen LogP) is 5.10. The molecule has 1 aliphatic heterocycles. The third-order valence-corrected chi connectivity index (χ3v) is 5.82. The van der Waals surface area contributed by atoms with Crippen LogP contribution in [0.4, 0.5) is 4.39 Å². The van der Waals surface area contributed by atoms with Gasteiger partial charge >= 0.3 is 0 Å². The number of rotatable bonds is 6. The number of hydrogen-bond donors (Lipinski definition) is 1. The van der Waals surface area contributed by atoms with Gasteiger partial charge in [0.15, 0.2) is 0 Å². The van der Waals surface area contributed by atoms with Crippen LogP contribution >= 0.6 is 0 Å². The smallest absolute Gasteiger partial charge is 0.224 e. The van der Waals surface area contributed by atoms with Crippen LogP contribution in [-0.2, 0) is 17.9 Å². The lowest BCUT2D eigenvalue weighted by atomic mass is 9.88. The van der Waals surface area contributed by atoms with Gasteiger partial charge in [0.1, 0.15) is 5.82 Å².